The lowest BCUT2D eigenvalue weighted by molar-refractivity contribution is 0.399. The molecular formula is C14H24N6. The molecule has 2 heterocycles. The fourth-order valence-electron chi connectivity index (χ4n) is 2.80. The maximum Gasteiger partial charge on any atom is 0.148 e. The van der Waals surface area contributed by atoms with E-state index in [1.54, 1.807) is 0 Å². The summed E-state index contributed by atoms with van der Waals surface area (Å²) in [5.74, 6) is 9.40. The van der Waals surface area contributed by atoms with E-state index in [-0.39, 0.29) is 0 Å². The third-order valence-electron chi connectivity index (χ3n) is 4.29. The second-order valence-corrected chi connectivity index (χ2v) is 6.12. The van der Waals surface area contributed by atoms with E-state index in [4.69, 9.17) is 10.8 Å². The minimum absolute atomic E-state index is 0.529. The van der Waals surface area contributed by atoms with Gasteiger partial charge in [-0.15, -0.1) is 0 Å². The Hall–Kier alpha value is -1.40. The van der Waals surface area contributed by atoms with Gasteiger partial charge in [0.25, 0.3) is 0 Å². The molecule has 1 aromatic rings. The SMILES string of the molecule is Cc1c(NN)nc(C2CC2)nc1NCC1CCN(C)C1. The van der Waals surface area contributed by atoms with Gasteiger partial charge in [-0.25, -0.2) is 15.8 Å². The molecule has 1 unspecified atom stereocenters. The molecule has 3 rings (SSSR count). The molecule has 110 valence electrons. The Balaban J connectivity index is 1.72. The fraction of sp³-hybridized carbons (Fsp3) is 0.714. The van der Waals surface area contributed by atoms with Crippen LogP contribution in [0.1, 0.15) is 36.6 Å². The predicted molar refractivity (Wildman–Crippen MR) is 80.6 cm³/mol. The molecule has 1 saturated heterocycles. The molecule has 1 atom stereocenters. The first-order chi connectivity index (χ1) is 9.67. The normalized spacial score (nSPS) is 23.1. The number of nitrogen functional groups attached to an aromatic ring is 1. The topological polar surface area (TPSA) is 79.1 Å². The monoisotopic (exact) mass is 276 g/mol. The minimum Gasteiger partial charge on any atom is -0.369 e. The van der Waals surface area contributed by atoms with E-state index >= 15 is 0 Å². The maximum absolute atomic E-state index is 5.57. The van der Waals surface area contributed by atoms with Crippen LogP contribution in [-0.2, 0) is 0 Å². The lowest BCUT2D eigenvalue weighted by atomic mass is 10.1. The summed E-state index contributed by atoms with van der Waals surface area (Å²) in [4.78, 5) is 11.6. The molecule has 6 nitrogen and oxygen atoms in total. The second-order valence-electron chi connectivity index (χ2n) is 6.12. The molecule has 2 fully saturated rings. The molecule has 20 heavy (non-hydrogen) atoms. The molecule has 6 heteroatoms. The van der Waals surface area contributed by atoms with Crippen LogP contribution in [0.3, 0.4) is 0 Å². The van der Waals surface area contributed by atoms with Crippen molar-refractivity contribution in [2.24, 2.45) is 11.8 Å². The summed E-state index contributed by atoms with van der Waals surface area (Å²) >= 11 is 0. The van der Waals surface area contributed by atoms with Crippen molar-refractivity contribution in [2.45, 2.75) is 32.1 Å². The van der Waals surface area contributed by atoms with Crippen molar-refractivity contribution in [3.63, 3.8) is 0 Å². The van der Waals surface area contributed by atoms with Gasteiger partial charge in [-0.05, 0) is 45.7 Å². The number of hydrogen-bond donors (Lipinski definition) is 3. The molecule has 0 amide bonds. The van der Waals surface area contributed by atoms with E-state index < -0.39 is 0 Å². The molecule has 2 aliphatic rings. The zero-order valence-corrected chi connectivity index (χ0v) is 12.3. The van der Waals surface area contributed by atoms with Crippen LogP contribution in [0.25, 0.3) is 0 Å². The van der Waals surface area contributed by atoms with Crippen LogP contribution in [0.2, 0.25) is 0 Å². The summed E-state index contributed by atoms with van der Waals surface area (Å²) in [6, 6.07) is 0. The Morgan fingerprint density at radius 1 is 1.25 bits per heavy atom. The van der Waals surface area contributed by atoms with Gasteiger partial charge in [0.2, 0.25) is 0 Å². The molecule has 0 bridgehead atoms. The molecule has 1 aliphatic heterocycles. The molecule has 0 aromatic carbocycles. The number of nitrogens with one attached hydrogen (secondary N) is 2. The zero-order chi connectivity index (χ0) is 14.1. The molecule has 1 aliphatic carbocycles. The number of rotatable bonds is 5. The van der Waals surface area contributed by atoms with Crippen molar-refractivity contribution in [3.8, 4) is 0 Å². The van der Waals surface area contributed by atoms with Crippen LogP contribution in [0.15, 0.2) is 0 Å². The number of nitrogens with zero attached hydrogens (tertiary/aromatic N) is 3. The fourth-order valence-corrected chi connectivity index (χ4v) is 2.80. The molecule has 1 saturated carbocycles. The Kier molecular flexibility index (Phi) is 3.76. The first-order valence-electron chi connectivity index (χ1n) is 7.45. The number of aromatic nitrogens is 2. The second kappa shape index (κ2) is 5.54. The van der Waals surface area contributed by atoms with E-state index in [9.17, 15) is 0 Å². The average molecular weight is 276 g/mol. The smallest absolute Gasteiger partial charge is 0.148 e. The van der Waals surface area contributed by atoms with Crippen molar-refractivity contribution in [2.75, 3.05) is 37.4 Å². The third kappa shape index (κ3) is 2.86. The van der Waals surface area contributed by atoms with Gasteiger partial charge >= 0.3 is 0 Å². The molecule has 1 aromatic heterocycles. The standard InChI is InChI=1S/C14H24N6/c1-9-12(16-7-10-5-6-20(2)8-10)17-14(11-3-4-11)18-13(9)19-15/h10-11H,3-8,15H2,1-2H3,(H2,16,17,18,19). The number of nitrogens with two attached hydrogens (primary N) is 1. The quantitative estimate of drug-likeness (QED) is 0.556. The number of likely N-dealkylation sites (tertiary alicyclic amines) is 1. The average Bonchev–Trinajstić information content (AvgIpc) is 3.21. The van der Waals surface area contributed by atoms with Crippen LogP contribution in [0, 0.1) is 12.8 Å². The zero-order valence-electron chi connectivity index (χ0n) is 12.3. The third-order valence-corrected chi connectivity index (χ3v) is 4.29. The minimum atomic E-state index is 0.529. The van der Waals surface area contributed by atoms with E-state index in [1.807, 2.05) is 6.92 Å². The Labute approximate surface area is 120 Å². The Morgan fingerprint density at radius 3 is 2.60 bits per heavy atom. The highest BCUT2D eigenvalue weighted by atomic mass is 15.3. The summed E-state index contributed by atoms with van der Waals surface area (Å²) < 4.78 is 0. The summed E-state index contributed by atoms with van der Waals surface area (Å²) in [5.41, 5.74) is 3.70. The highest BCUT2D eigenvalue weighted by Crippen LogP contribution is 2.39. The highest BCUT2D eigenvalue weighted by molar-refractivity contribution is 5.57. The Morgan fingerprint density at radius 2 is 2.00 bits per heavy atom. The van der Waals surface area contributed by atoms with Crippen LogP contribution >= 0.6 is 0 Å². The van der Waals surface area contributed by atoms with E-state index in [2.05, 4.69) is 27.7 Å². The van der Waals surface area contributed by atoms with Crippen LogP contribution < -0.4 is 16.6 Å². The summed E-state index contributed by atoms with van der Waals surface area (Å²) in [6.07, 6.45) is 3.64. The molecule has 0 radical (unpaired) electrons. The van der Waals surface area contributed by atoms with Gasteiger partial charge in [0, 0.05) is 24.6 Å². The van der Waals surface area contributed by atoms with E-state index in [1.165, 1.54) is 25.8 Å². The Bertz CT molecular complexity index is 485. The lowest BCUT2D eigenvalue weighted by Crippen LogP contribution is -2.21. The molecule has 4 N–H and O–H groups in total. The van der Waals surface area contributed by atoms with Crippen molar-refractivity contribution in [1.29, 1.82) is 0 Å². The van der Waals surface area contributed by atoms with E-state index in [0.717, 1.165) is 36.1 Å². The summed E-state index contributed by atoms with van der Waals surface area (Å²) in [5, 5.41) is 3.50. The lowest BCUT2D eigenvalue weighted by Gasteiger charge is -2.16. The first-order valence-corrected chi connectivity index (χ1v) is 7.45. The maximum atomic E-state index is 5.57. The van der Waals surface area contributed by atoms with E-state index in [0.29, 0.717) is 11.8 Å². The van der Waals surface area contributed by atoms with Gasteiger partial charge in [0.05, 0.1) is 0 Å². The van der Waals surface area contributed by atoms with Crippen LogP contribution in [-0.4, -0.2) is 41.5 Å². The van der Waals surface area contributed by atoms with Gasteiger partial charge in [-0.2, -0.15) is 0 Å². The number of hydrogen-bond acceptors (Lipinski definition) is 6. The number of hydrazine groups is 1. The summed E-state index contributed by atoms with van der Waals surface area (Å²) in [7, 11) is 2.18. The summed E-state index contributed by atoms with van der Waals surface area (Å²) in [6.45, 7) is 5.33. The predicted octanol–water partition coefficient (Wildman–Crippen LogP) is 1.31. The van der Waals surface area contributed by atoms with Gasteiger partial charge in [-0.1, -0.05) is 0 Å². The van der Waals surface area contributed by atoms with Crippen molar-refractivity contribution >= 4 is 11.6 Å². The largest absolute Gasteiger partial charge is 0.369 e. The van der Waals surface area contributed by atoms with Gasteiger partial charge in [-0.3, -0.25) is 0 Å². The van der Waals surface area contributed by atoms with Crippen molar-refractivity contribution in [1.82, 2.24) is 14.9 Å². The van der Waals surface area contributed by atoms with Gasteiger partial charge in [0.1, 0.15) is 17.5 Å². The molecular weight excluding hydrogens is 252 g/mol. The van der Waals surface area contributed by atoms with Gasteiger partial charge in [0.15, 0.2) is 0 Å². The van der Waals surface area contributed by atoms with Crippen molar-refractivity contribution < 1.29 is 0 Å². The van der Waals surface area contributed by atoms with Crippen LogP contribution in [0.5, 0.6) is 0 Å². The van der Waals surface area contributed by atoms with Crippen molar-refractivity contribution in [3.05, 3.63) is 11.4 Å². The molecule has 0 spiro atoms. The first kappa shape index (κ1) is 13.6. The number of anilines is 2. The van der Waals surface area contributed by atoms with Gasteiger partial charge < -0.3 is 15.6 Å². The highest BCUT2D eigenvalue weighted by Gasteiger charge is 2.28. The van der Waals surface area contributed by atoms with Crippen LogP contribution in [0.4, 0.5) is 11.6 Å².